The third-order valence-electron chi connectivity index (χ3n) is 8.02. The number of carbonyl (C=O) groups is 1. The Kier molecular flexibility index (Phi) is 7.70. The quantitative estimate of drug-likeness (QED) is 0.356. The highest BCUT2D eigenvalue weighted by Crippen LogP contribution is 2.46. The predicted molar refractivity (Wildman–Crippen MR) is 143 cm³/mol. The number of aliphatic hydroxyl groups is 1. The summed E-state index contributed by atoms with van der Waals surface area (Å²) < 4.78 is 13.1. The minimum absolute atomic E-state index is 0.00962. The van der Waals surface area contributed by atoms with Crippen LogP contribution < -0.4 is 10.4 Å². The summed E-state index contributed by atoms with van der Waals surface area (Å²) in [5.74, 6) is 0.151. The molecule has 4 nitrogen and oxygen atoms in total. The first-order chi connectivity index (χ1) is 16.6. The Morgan fingerprint density at radius 3 is 2.11 bits per heavy atom. The molecule has 2 aromatic rings. The van der Waals surface area contributed by atoms with E-state index in [0.717, 1.165) is 18.4 Å². The third-order valence-corrected chi connectivity index (χ3v) is 13.0. The van der Waals surface area contributed by atoms with E-state index in [-0.39, 0.29) is 34.9 Å². The summed E-state index contributed by atoms with van der Waals surface area (Å²) in [5.41, 5.74) is 1.04. The molecule has 4 rings (SSSR count). The molecular formula is C30H40O4Si. The van der Waals surface area contributed by atoms with Crippen molar-refractivity contribution < 1.29 is 19.1 Å². The van der Waals surface area contributed by atoms with E-state index in [9.17, 15) is 9.90 Å². The van der Waals surface area contributed by atoms with Gasteiger partial charge in [-0.1, -0.05) is 94.4 Å². The lowest BCUT2D eigenvalue weighted by molar-refractivity contribution is -0.152. The van der Waals surface area contributed by atoms with E-state index in [2.05, 4.69) is 94.4 Å². The summed E-state index contributed by atoms with van der Waals surface area (Å²) in [6.45, 7) is 11.1. The number of fused-ring (bicyclic) bond motifs is 1. The molecule has 5 atom stereocenters. The average Bonchev–Trinajstić information content (AvgIpc) is 2.81. The maximum Gasteiger partial charge on any atom is 0.302 e. The highest BCUT2D eigenvalue weighted by Gasteiger charge is 2.52. The minimum Gasteiger partial charge on any atom is -0.462 e. The smallest absolute Gasteiger partial charge is 0.302 e. The van der Waals surface area contributed by atoms with Gasteiger partial charge in [0.2, 0.25) is 0 Å². The Hall–Kier alpha value is -2.21. The number of ether oxygens (including phenoxy) is 1. The van der Waals surface area contributed by atoms with Gasteiger partial charge in [-0.05, 0) is 52.1 Å². The first-order valence-corrected chi connectivity index (χ1v) is 14.9. The number of benzene rings is 2. The molecule has 2 aliphatic rings. The van der Waals surface area contributed by atoms with Gasteiger partial charge in [0.05, 0.1) is 6.10 Å². The zero-order chi connectivity index (χ0) is 25.2. The molecule has 0 aliphatic heterocycles. The molecule has 0 radical (unpaired) electrons. The van der Waals surface area contributed by atoms with Crippen LogP contribution in [-0.2, 0) is 14.0 Å². The van der Waals surface area contributed by atoms with Gasteiger partial charge in [-0.2, -0.15) is 0 Å². The Morgan fingerprint density at radius 1 is 1.03 bits per heavy atom. The van der Waals surface area contributed by atoms with E-state index < -0.39 is 14.4 Å². The number of allylic oxidation sites excluding steroid dienone is 1. The summed E-state index contributed by atoms with van der Waals surface area (Å²) in [7, 11) is -2.68. The molecule has 0 unspecified atom stereocenters. The first kappa shape index (κ1) is 25.9. The molecule has 1 fully saturated rings. The Bertz CT molecular complexity index is 988. The maximum atomic E-state index is 11.9. The van der Waals surface area contributed by atoms with Gasteiger partial charge in [0.25, 0.3) is 8.32 Å². The molecule has 0 saturated heterocycles. The van der Waals surface area contributed by atoms with Crippen LogP contribution in [0.4, 0.5) is 0 Å². The zero-order valence-electron chi connectivity index (χ0n) is 21.7. The molecule has 1 saturated carbocycles. The maximum absolute atomic E-state index is 11.9. The monoisotopic (exact) mass is 492 g/mol. The van der Waals surface area contributed by atoms with Gasteiger partial charge in [-0.25, -0.2) is 0 Å². The van der Waals surface area contributed by atoms with Crippen molar-refractivity contribution in [2.75, 3.05) is 6.61 Å². The second-order valence-corrected chi connectivity index (χ2v) is 15.6. The number of rotatable bonds is 6. The van der Waals surface area contributed by atoms with E-state index in [1.165, 1.54) is 17.3 Å². The fourth-order valence-corrected chi connectivity index (χ4v) is 11.0. The number of esters is 1. The second kappa shape index (κ2) is 10.4. The topological polar surface area (TPSA) is 55.8 Å². The highest BCUT2D eigenvalue weighted by atomic mass is 28.4. The SMILES string of the molecule is CC(=O)O[C@H]1CCC=C2[C@H]1[C@@H](CO[Si](c1ccccc1)(c1ccccc1)C(C)(C)C)[C@@H](C)C[C@@H]2O. The lowest BCUT2D eigenvalue weighted by Crippen LogP contribution is -2.67. The number of hydrogen-bond acceptors (Lipinski definition) is 4. The van der Waals surface area contributed by atoms with Crippen LogP contribution in [0.1, 0.15) is 53.9 Å². The van der Waals surface area contributed by atoms with E-state index >= 15 is 0 Å². The van der Waals surface area contributed by atoms with Gasteiger partial charge >= 0.3 is 5.97 Å². The number of hydrogen-bond donors (Lipinski definition) is 1. The van der Waals surface area contributed by atoms with Gasteiger partial charge in [0.15, 0.2) is 0 Å². The molecule has 2 aromatic carbocycles. The summed E-state index contributed by atoms with van der Waals surface area (Å²) in [6, 6.07) is 21.4. The molecular weight excluding hydrogens is 452 g/mol. The summed E-state index contributed by atoms with van der Waals surface area (Å²) >= 11 is 0. The molecule has 188 valence electrons. The van der Waals surface area contributed by atoms with Gasteiger partial charge in [0.1, 0.15) is 6.10 Å². The van der Waals surface area contributed by atoms with Crippen LogP contribution in [0.15, 0.2) is 72.3 Å². The van der Waals surface area contributed by atoms with Crippen molar-refractivity contribution in [1.82, 2.24) is 0 Å². The lowest BCUT2D eigenvalue weighted by Gasteiger charge is -2.49. The van der Waals surface area contributed by atoms with Gasteiger partial charge in [0, 0.05) is 19.4 Å². The summed E-state index contributed by atoms with van der Waals surface area (Å²) in [6.07, 6.45) is 3.83. The van der Waals surface area contributed by atoms with Gasteiger partial charge in [-0.3, -0.25) is 4.79 Å². The first-order valence-electron chi connectivity index (χ1n) is 13.0. The van der Waals surface area contributed by atoms with Crippen LogP contribution in [-0.4, -0.2) is 38.2 Å². The van der Waals surface area contributed by atoms with Gasteiger partial charge in [-0.15, -0.1) is 0 Å². The third kappa shape index (κ3) is 5.04. The van der Waals surface area contributed by atoms with Crippen LogP contribution in [0, 0.1) is 17.8 Å². The molecule has 2 aliphatic carbocycles. The van der Waals surface area contributed by atoms with Crippen molar-refractivity contribution in [2.45, 2.75) is 71.1 Å². The van der Waals surface area contributed by atoms with Crippen molar-refractivity contribution in [3.8, 4) is 0 Å². The van der Waals surface area contributed by atoms with Crippen molar-refractivity contribution in [1.29, 1.82) is 0 Å². The zero-order valence-corrected chi connectivity index (χ0v) is 22.7. The van der Waals surface area contributed by atoms with Crippen molar-refractivity contribution in [3.05, 3.63) is 72.3 Å². The fraction of sp³-hybridized carbons (Fsp3) is 0.500. The van der Waals surface area contributed by atoms with Crippen LogP contribution in [0.25, 0.3) is 0 Å². The minimum atomic E-state index is -2.68. The van der Waals surface area contributed by atoms with E-state index in [1.54, 1.807) is 0 Å². The van der Waals surface area contributed by atoms with Crippen molar-refractivity contribution >= 4 is 24.7 Å². The molecule has 5 heteroatoms. The van der Waals surface area contributed by atoms with E-state index in [4.69, 9.17) is 9.16 Å². The Labute approximate surface area is 211 Å². The van der Waals surface area contributed by atoms with Crippen LogP contribution in [0.3, 0.4) is 0 Å². The fourth-order valence-electron chi connectivity index (χ4n) is 6.44. The molecule has 0 bridgehead atoms. The Morgan fingerprint density at radius 2 is 1.60 bits per heavy atom. The van der Waals surface area contributed by atoms with Crippen molar-refractivity contribution in [3.63, 3.8) is 0 Å². The average molecular weight is 493 g/mol. The highest BCUT2D eigenvalue weighted by molar-refractivity contribution is 6.99. The van der Waals surface area contributed by atoms with Gasteiger partial charge < -0.3 is 14.3 Å². The molecule has 0 spiro atoms. The second-order valence-electron chi connectivity index (χ2n) is 11.3. The van der Waals surface area contributed by atoms with Crippen molar-refractivity contribution in [2.24, 2.45) is 17.8 Å². The molecule has 35 heavy (non-hydrogen) atoms. The molecule has 1 N–H and O–H groups in total. The molecule has 0 aromatic heterocycles. The van der Waals surface area contributed by atoms with Crippen LogP contribution in [0.5, 0.6) is 0 Å². The predicted octanol–water partition coefficient (Wildman–Crippen LogP) is 4.85. The molecule has 0 amide bonds. The van der Waals surface area contributed by atoms with Crippen LogP contribution in [0.2, 0.25) is 5.04 Å². The lowest BCUT2D eigenvalue weighted by atomic mass is 9.64. The number of aliphatic hydroxyl groups excluding tert-OH is 1. The van der Waals surface area contributed by atoms with E-state index in [0.29, 0.717) is 13.0 Å². The standard InChI is InChI=1S/C30H40O4Si/c1-21-19-27(32)25-17-12-18-28(34-22(2)31)29(25)26(21)20-33-35(30(3,4)5,23-13-8-6-9-14-23)24-15-10-7-11-16-24/h6-11,13-17,21,26-29,32H,12,18-20H2,1-5H3/t21-,26-,27-,28-,29-/m0/s1. The summed E-state index contributed by atoms with van der Waals surface area (Å²) in [4.78, 5) is 11.9. The van der Waals surface area contributed by atoms with E-state index in [1.807, 2.05) is 0 Å². The largest absolute Gasteiger partial charge is 0.462 e. The Balaban J connectivity index is 1.76. The van der Waals surface area contributed by atoms with Crippen LogP contribution >= 0.6 is 0 Å². The normalized spacial score (nSPS) is 27.0. The molecule has 0 heterocycles. The summed E-state index contributed by atoms with van der Waals surface area (Å²) in [5, 5.41) is 13.3. The number of carbonyl (C=O) groups excluding carboxylic acids is 1.